The third kappa shape index (κ3) is 1.96. The van der Waals surface area contributed by atoms with Crippen molar-refractivity contribution in [3.8, 4) is 0 Å². The molecule has 2 rings (SSSR count). The summed E-state index contributed by atoms with van der Waals surface area (Å²) in [5.74, 6) is -0.240. The molecule has 5 heteroatoms. The molecule has 2 atom stereocenters. The zero-order valence-electron chi connectivity index (χ0n) is 9.52. The SMILES string of the molecule is COC(C)(C)O[C@H]1C(=O)N[C@H]1c1ccco1. The van der Waals surface area contributed by atoms with Crippen LogP contribution in [0.2, 0.25) is 0 Å². The molecular formula is C11H15NO4. The second-order valence-electron chi connectivity index (χ2n) is 4.14. The van der Waals surface area contributed by atoms with E-state index in [1.165, 1.54) is 0 Å². The Bertz CT molecular complexity index is 371. The van der Waals surface area contributed by atoms with Gasteiger partial charge < -0.3 is 19.2 Å². The van der Waals surface area contributed by atoms with Gasteiger partial charge in [-0.1, -0.05) is 0 Å². The highest BCUT2D eigenvalue weighted by atomic mass is 16.7. The van der Waals surface area contributed by atoms with E-state index in [-0.39, 0.29) is 11.9 Å². The van der Waals surface area contributed by atoms with Crippen LogP contribution in [0.3, 0.4) is 0 Å². The number of nitrogens with one attached hydrogen (secondary N) is 1. The molecule has 0 saturated carbocycles. The lowest BCUT2D eigenvalue weighted by atomic mass is 9.99. The Morgan fingerprint density at radius 1 is 1.50 bits per heavy atom. The van der Waals surface area contributed by atoms with E-state index in [2.05, 4.69) is 5.32 Å². The zero-order chi connectivity index (χ0) is 11.8. The van der Waals surface area contributed by atoms with Crippen molar-refractivity contribution in [3.05, 3.63) is 24.2 Å². The van der Waals surface area contributed by atoms with Crippen molar-refractivity contribution >= 4 is 5.91 Å². The summed E-state index contributed by atoms with van der Waals surface area (Å²) >= 11 is 0. The van der Waals surface area contributed by atoms with E-state index in [1.807, 2.05) is 0 Å². The van der Waals surface area contributed by atoms with Gasteiger partial charge in [-0.15, -0.1) is 0 Å². The Balaban J connectivity index is 2.06. The highest BCUT2D eigenvalue weighted by Crippen LogP contribution is 2.30. The average Bonchev–Trinajstić information content (AvgIpc) is 2.76. The molecule has 1 aliphatic heterocycles. The molecule has 16 heavy (non-hydrogen) atoms. The summed E-state index contributed by atoms with van der Waals surface area (Å²) in [7, 11) is 1.54. The maximum absolute atomic E-state index is 11.4. The molecule has 88 valence electrons. The van der Waals surface area contributed by atoms with Crippen molar-refractivity contribution < 1.29 is 18.7 Å². The van der Waals surface area contributed by atoms with Gasteiger partial charge in [-0.25, -0.2) is 0 Å². The van der Waals surface area contributed by atoms with Crippen LogP contribution in [0.4, 0.5) is 0 Å². The Labute approximate surface area is 93.7 Å². The lowest BCUT2D eigenvalue weighted by Crippen LogP contribution is -2.59. The van der Waals surface area contributed by atoms with Crippen LogP contribution in [-0.4, -0.2) is 24.9 Å². The van der Waals surface area contributed by atoms with Crippen molar-refractivity contribution in [1.82, 2.24) is 5.32 Å². The fourth-order valence-electron chi connectivity index (χ4n) is 1.53. The molecule has 0 aromatic carbocycles. The molecule has 1 amide bonds. The van der Waals surface area contributed by atoms with Crippen LogP contribution >= 0.6 is 0 Å². The van der Waals surface area contributed by atoms with Crippen LogP contribution in [0.1, 0.15) is 25.6 Å². The molecule has 1 fully saturated rings. The minimum Gasteiger partial charge on any atom is -0.467 e. The van der Waals surface area contributed by atoms with Crippen LogP contribution in [0, 0.1) is 0 Å². The van der Waals surface area contributed by atoms with Crippen LogP contribution in [0.15, 0.2) is 22.8 Å². The Morgan fingerprint density at radius 3 is 2.75 bits per heavy atom. The van der Waals surface area contributed by atoms with Crippen LogP contribution in [0.25, 0.3) is 0 Å². The number of ether oxygens (including phenoxy) is 2. The van der Waals surface area contributed by atoms with Gasteiger partial charge in [0.1, 0.15) is 11.8 Å². The van der Waals surface area contributed by atoms with E-state index in [4.69, 9.17) is 13.9 Å². The van der Waals surface area contributed by atoms with Gasteiger partial charge in [-0.3, -0.25) is 4.79 Å². The summed E-state index contributed by atoms with van der Waals surface area (Å²) in [4.78, 5) is 11.4. The predicted molar refractivity (Wildman–Crippen MR) is 55.6 cm³/mol. The summed E-state index contributed by atoms with van der Waals surface area (Å²) in [6, 6.07) is 3.36. The molecule has 0 bridgehead atoms. The van der Waals surface area contributed by atoms with Crippen molar-refractivity contribution in [1.29, 1.82) is 0 Å². The number of β-lactam (4-membered cyclic amide) rings is 1. The Morgan fingerprint density at radius 2 is 2.25 bits per heavy atom. The molecule has 2 heterocycles. The topological polar surface area (TPSA) is 60.7 Å². The first-order chi connectivity index (χ1) is 7.53. The molecule has 1 N–H and O–H groups in total. The largest absolute Gasteiger partial charge is 0.467 e. The van der Waals surface area contributed by atoms with Gasteiger partial charge in [0, 0.05) is 7.11 Å². The molecule has 0 aliphatic carbocycles. The second-order valence-corrected chi connectivity index (χ2v) is 4.14. The molecule has 5 nitrogen and oxygen atoms in total. The molecule has 0 unspecified atom stereocenters. The van der Waals surface area contributed by atoms with E-state index in [9.17, 15) is 4.79 Å². The van der Waals surface area contributed by atoms with Crippen LogP contribution in [0.5, 0.6) is 0 Å². The summed E-state index contributed by atoms with van der Waals surface area (Å²) in [6.45, 7) is 3.52. The molecule has 1 aliphatic rings. The van der Waals surface area contributed by atoms with E-state index < -0.39 is 11.9 Å². The maximum Gasteiger partial charge on any atom is 0.252 e. The number of rotatable bonds is 4. The first kappa shape index (κ1) is 11.2. The molecule has 1 aromatic heterocycles. The number of carbonyl (C=O) groups excluding carboxylic acids is 1. The van der Waals surface area contributed by atoms with Gasteiger partial charge in [0.2, 0.25) is 0 Å². The lowest BCUT2D eigenvalue weighted by Gasteiger charge is -2.39. The van der Waals surface area contributed by atoms with E-state index in [1.54, 1.807) is 39.4 Å². The van der Waals surface area contributed by atoms with Gasteiger partial charge in [-0.05, 0) is 26.0 Å². The van der Waals surface area contributed by atoms with Crippen LogP contribution in [-0.2, 0) is 14.3 Å². The summed E-state index contributed by atoms with van der Waals surface area (Å²) < 4.78 is 15.9. The van der Waals surface area contributed by atoms with Gasteiger partial charge in [0.25, 0.3) is 5.91 Å². The predicted octanol–water partition coefficient (Wildman–Crippen LogP) is 1.22. The van der Waals surface area contributed by atoms with E-state index in [0.29, 0.717) is 5.76 Å². The monoisotopic (exact) mass is 225 g/mol. The Kier molecular flexibility index (Phi) is 2.73. The number of hydrogen-bond donors (Lipinski definition) is 1. The van der Waals surface area contributed by atoms with Gasteiger partial charge in [0.15, 0.2) is 11.9 Å². The first-order valence-corrected chi connectivity index (χ1v) is 5.10. The number of methoxy groups -OCH3 is 1. The maximum atomic E-state index is 11.4. The van der Waals surface area contributed by atoms with Crippen molar-refractivity contribution in [3.63, 3.8) is 0 Å². The molecular weight excluding hydrogens is 210 g/mol. The minimum absolute atomic E-state index is 0.147. The first-order valence-electron chi connectivity index (χ1n) is 5.10. The van der Waals surface area contributed by atoms with E-state index >= 15 is 0 Å². The quantitative estimate of drug-likeness (QED) is 0.618. The average molecular weight is 225 g/mol. The lowest BCUT2D eigenvalue weighted by molar-refractivity contribution is -0.239. The van der Waals surface area contributed by atoms with Crippen molar-refractivity contribution in [2.45, 2.75) is 31.8 Å². The highest BCUT2D eigenvalue weighted by molar-refractivity contribution is 5.88. The summed E-state index contributed by atoms with van der Waals surface area (Å²) in [5.41, 5.74) is 0. The third-order valence-electron chi connectivity index (χ3n) is 2.61. The highest BCUT2D eigenvalue weighted by Gasteiger charge is 2.45. The second kappa shape index (κ2) is 3.92. The molecule has 0 spiro atoms. The number of carbonyl (C=O) groups is 1. The molecule has 1 aromatic rings. The number of furan rings is 1. The van der Waals surface area contributed by atoms with Gasteiger partial charge in [0.05, 0.1) is 6.26 Å². The smallest absolute Gasteiger partial charge is 0.252 e. The Hall–Kier alpha value is -1.33. The zero-order valence-corrected chi connectivity index (χ0v) is 9.52. The van der Waals surface area contributed by atoms with E-state index in [0.717, 1.165) is 0 Å². The fourth-order valence-corrected chi connectivity index (χ4v) is 1.53. The number of amides is 1. The van der Waals surface area contributed by atoms with Gasteiger partial charge in [-0.2, -0.15) is 0 Å². The normalized spacial score (nSPS) is 25.1. The van der Waals surface area contributed by atoms with Crippen molar-refractivity contribution in [2.24, 2.45) is 0 Å². The molecule has 1 saturated heterocycles. The minimum atomic E-state index is -0.784. The summed E-state index contributed by atoms with van der Waals surface area (Å²) in [5, 5.41) is 2.73. The van der Waals surface area contributed by atoms with Crippen LogP contribution < -0.4 is 5.32 Å². The van der Waals surface area contributed by atoms with Crippen molar-refractivity contribution in [2.75, 3.05) is 7.11 Å². The molecule has 0 radical (unpaired) electrons. The standard InChI is InChI=1S/C11H15NO4/c1-11(2,14-3)16-9-8(12-10(9)13)7-5-4-6-15-7/h4-6,8-9H,1-3H3,(H,12,13)/t8-,9+/m0/s1. The summed E-state index contributed by atoms with van der Waals surface area (Å²) in [6.07, 6.45) is 1.01. The van der Waals surface area contributed by atoms with Gasteiger partial charge >= 0.3 is 0 Å². The third-order valence-corrected chi connectivity index (χ3v) is 2.61. The fraction of sp³-hybridized carbons (Fsp3) is 0.545. The number of hydrogen-bond acceptors (Lipinski definition) is 4.